The van der Waals surface area contributed by atoms with Crippen molar-refractivity contribution in [2.75, 3.05) is 33.9 Å². The van der Waals surface area contributed by atoms with E-state index in [1.165, 1.54) is 5.56 Å². The average Bonchev–Trinajstić information content (AvgIpc) is 2.50. The number of benzene rings is 1. The molecule has 1 atom stereocenters. The largest absolute Gasteiger partial charge is 0.497 e. The van der Waals surface area contributed by atoms with E-state index in [9.17, 15) is 0 Å². The van der Waals surface area contributed by atoms with Gasteiger partial charge in [-0.3, -0.25) is 0 Å². The molecule has 0 radical (unpaired) electrons. The van der Waals surface area contributed by atoms with Gasteiger partial charge in [0.15, 0.2) is 0 Å². The molecule has 4 nitrogen and oxygen atoms in total. The number of ether oxygens (including phenoxy) is 2. The minimum atomic E-state index is 0.451. The molecule has 1 rings (SSSR count). The second-order valence-corrected chi connectivity index (χ2v) is 4.99. The lowest BCUT2D eigenvalue weighted by Gasteiger charge is -2.23. The van der Waals surface area contributed by atoms with Crippen molar-refractivity contribution in [1.82, 2.24) is 10.2 Å². The number of methoxy groups -OCH3 is 2. The lowest BCUT2D eigenvalue weighted by Crippen LogP contribution is -2.38. The second-order valence-electron chi connectivity index (χ2n) is 4.99. The van der Waals surface area contributed by atoms with Crippen molar-refractivity contribution >= 4 is 0 Å². The molecule has 0 aliphatic rings. The molecule has 0 saturated heterocycles. The molecule has 1 N–H and O–H groups in total. The first-order valence-corrected chi connectivity index (χ1v) is 7.30. The Balaban J connectivity index is 2.56. The molecule has 0 aromatic heterocycles. The maximum atomic E-state index is 5.29. The summed E-state index contributed by atoms with van der Waals surface area (Å²) in [4.78, 5) is 2.42. The van der Waals surface area contributed by atoms with Crippen LogP contribution in [0.3, 0.4) is 0 Å². The van der Waals surface area contributed by atoms with Gasteiger partial charge in [0, 0.05) is 25.2 Å². The van der Waals surface area contributed by atoms with Crippen LogP contribution < -0.4 is 14.8 Å². The fourth-order valence-electron chi connectivity index (χ4n) is 2.19. The van der Waals surface area contributed by atoms with E-state index in [1.807, 2.05) is 18.2 Å². The molecule has 4 heteroatoms. The van der Waals surface area contributed by atoms with Crippen molar-refractivity contribution in [1.29, 1.82) is 0 Å². The zero-order valence-corrected chi connectivity index (χ0v) is 13.4. The van der Waals surface area contributed by atoms with Gasteiger partial charge in [0.05, 0.1) is 14.2 Å². The summed E-state index contributed by atoms with van der Waals surface area (Å²) in [6, 6.07) is 6.43. The SMILES string of the molecule is CCN(CC)CC(C)NCc1cc(OC)cc(OC)c1. The number of likely N-dealkylation sites (N-methyl/N-ethyl adjacent to an activating group) is 1. The summed E-state index contributed by atoms with van der Waals surface area (Å²) in [6.07, 6.45) is 0. The van der Waals surface area contributed by atoms with Gasteiger partial charge in [0.25, 0.3) is 0 Å². The van der Waals surface area contributed by atoms with Crippen LogP contribution in [-0.2, 0) is 6.54 Å². The van der Waals surface area contributed by atoms with E-state index in [-0.39, 0.29) is 0 Å². The second kappa shape index (κ2) is 8.82. The number of nitrogens with zero attached hydrogens (tertiary/aromatic N) is 1. The Morgan fingerprint density at radius 1 is 1.05 bits per heavy atom. The number of hydrogen-bond acceptors (Lipinski definition) is 4. The molecule has 114 valence electrons. The van der Waals surface area contributed by atoms with Crippen LogP contribution in [0.25, 0.3) is 0 Å². The third-order valence-corrected chi connectivity index (χ3v) is 3.49. The summed E-state index contributed by atoms with van der Waals surface area (Å²) in [7, 11) is 3.35. The first kappa shape index (κ1) is 16.8. The number of rotatable bonds is 9. The predicted octanol–water partition coefficient (Wildman–Crippen LogP) is 2.52. The van der Waals surface area contributed by atoms with E-state index in [0.717, 1.165) is 37.7 Å². The Morgan fingerprint density at radius 2 is 1.60 bits per heavy atom. The van der Waals surface area contributed by atoms with Gasteiger partial charge in [0.1, 0.15) is 11.5 Å². The van der Waals surface area contributed by atoms with Crippen molar-refractivity contribution in [2.24, 2.45) is 0 Å². The van der Waals surface area contributed by atoms with Gasteiger partial charge in [-0.15, -0.1) is 0 Å². The highest BCUT2D eigenvalue weighted by molar-refractivity contribution is 5.38. The van der Waals surface area contributed by atoms with Gasteiger partial charge in [-0.2, -0.15) is 0 Å². The summed E-state index contributed by atoms with van der Waals surface area (Å²) in [5, 5.41) is 3.55. The fraction of sp³-hybridized carbons (Fsp3) is 0.625. The van der Waals surface area contributed by atoms with Crippen LogP contribution in [0.4, 0.5) is 0 Å². The van der Waals surface area contributed by atoms with Crippen LogP contribution in [0.1, 0.15) is 26.3 Å². The van der Waals surface area contributed by atoms with Crippen LogP contribution in [0.2, 0.25) is 0 Å². The molecular weight excluding hydrogens is 252 g/mol. The third kappa shape index (κ3) is 5.39. The minimum absolute atomic E-state index is 0.451. The van der Waals surface area contributed by atoms with Gasteiger partial charge < -0.3 is 19.7 Å². The van der Waals surface area contributed by atoms with Crippen molar-refractivity contribution in [3.05, 3.63) is 23.8 Å². The van der Waals surface area contributed by atoms with Crippen LogP contribution in [0, 0.1) is 0 Å². The summed E-state index contributed by atoms with van der Waals surface area (Å²) < 4.78 is 10.6. The van der Waals surface area contributed by atoms with Gasteiger partial charge in [-0.05, 0) is 37.7 Å². The molecule has 1 aromatic carbocycles. The Labute approximate surface area is 123 Å². The van der Waals surface area contributed by atoms with E-state index in [0.29, 0.717) is 6.04 Å². The first-order chi connectivity index (χ1) is 9.62. The molecular formula is C16H28N2O2. The maximum absolute atomic E-state index is 5.29. The van der Waals surface area contributed by atoms with Gasteiger partial charge in [-0.1, -0.05) is 13.8 Å². The Hall–Kier alpha value is -1.26. The van der Waals surface area contributed by atoms with E-state index >= 15 is 0 Å². The van der Waals surface area contributed by atoms with Crippen molar-refractivity contribution < 1.29 is 9.47 Å². The molecule has 0 spiro atoms. The van der Waals surface area contributed by atoms with Crippen LogP contribution >= 0.6 is 0 Å². The van der Waals surface area contributed by atoms with Crippen molar-refractivity contribution in [3.63, 3.8) is 0 Å². The van der Waals surface area contributed by atoms with E-state index in [1.54, 1.807) is 14.2 Å². The summed E-state index contributed by atoms with van der Waals surface area (Å²) >= 11 is 0. The summed E-state index contributed by atoms with van der Waals surface area (Å²) in [5.41, 5.74) is 1.17. The predicted molar refractivity (Wildman–Crippen MR) is 83.6 cm³/mol. The van der Waals surface area contributed by atoms with Gasteiger partial charge >= 0.3 is 0 Å². The lowest BCUT2D eigenvalue weighted by molar-refractivity contribution is 0.270. The zero-order valence-electron chi connectivity index (χ0n) is 13.4. The molecule has 0 fully saturated rings. The molecule has 0 saturated carbocycles. The molecule has 20 heavy (non-hydrogen) atoms. The fourth-order valence-corrected chi connectivity index (χ4v) is 2.19. The van der Waals surface area contributed by atoms with Gasteiger partial charge in [-0.25, -0.2) is 0 Å². The highest BCUT2D eigenvalue weighted by Gasteiger charge is 2.08. The average molecular weight is 280 g/mol. The molecule has 0 aliphatic carbocycles. The third-order valence-electron chi connectivity index (χ3n) is 3.49. The zero-order chi connectivity index (χ0) is 15.0. The van der Waals surface area contributed by atoms with E-state index in [4.69, 9.17) is 9.47 Å². The van der Waals surface area contributed by atoms with E-state index < -0.39 is 0 Å². The molecule has 0 heterocycles. The topological polar surface area (TPSA) is 33.7 Å². The number of nitrogens with one attached hydrogen (secondary N) is 1. The minimum Gasteiger partial charge on any atom is -0.497 e. The molecule has 0 aliphatic heterocycles. The maximum Gasteiger partial charge on any atom is 0.122 e. The number of hydrogen-bond donors (Lipinski definition) is 1. The van der Waals surface area contributed by atoms with Crippen LogP contribution in [0.5, 0.6) is 11.5 Å². The quantitative estimate of drug-likeness (QED) is 0.753. The standard InChI is InChI=1S/C16H28N2O2/c1-6-18(7-2)12-13(3)17-11-14-8-15(19-4)10-16(9-14)20-5/h8-10,13,17H,6-7,11-12H2,1-5H3. The first-order valence-electron chi connectivity index (χ1n) is 7.30. The normalized spacial score (nSPS) is 12.5. The van der Waals surface area contributed by atoms with Crippen molar-refractivity contribution in [3.8, 4) is 11.5 Å². The Kier molecular flexibility index (Phi) is 7.41. The highest BCUT2D eigenvalue weighted by atomic mass is 16.5. The lowest BCUT2D eigenvalue weighted by atomic mass is 10.2. The highest BCUT2D eigenvalue weighted by Crippen LogP contribution is 2.22. The van der Waals surface area contributed by atoms with Gasteiger partial charge in [0.2, 0.25) is 0 Å². The molecule has 1 unspecified atom stereocenters. The Bertz CT molecular complexity index is 370. The van der Waals surface area contributed by atoms with Crippen LogP contribution in [0.15, 0.2) is 18.2 Å². The van der Waals surface area contributed by atoms with E-state index in [2.05, 4.69) is 31.0 Å². The van der Waals surface area contributed by atoms with Crippen LogP contribution in [-0.4, -0.2) is 44.8 Å². The molecule has 0 bridgehead atoms. The summed E-state index contributed by atoms with van der Waals surface area (Å²) in [5.74, 6) is 1.66. The summed E-state index contributed by atoms with van der Waals surface area (Å²) in [6.45, 7) is 10.7. The molecule has 0 amide bonds. The monoisotopic (exact) mass is 280 g/mol. The van der Waals surface area contributed by atoms with Crippen molar-refractivity contribution in [2.45, 2.75) is 33.4 Å². The Morgan fingerprint density at radius 3 is 2.05 bits per heavy atom. The smallest absolute Gasteiger partial charge is 0.122 e. The molecule has 1 aromatic rings.